The van der Waals surface area contributed by atoms with Crippen LogP contribution in [0.25, 0.3) is 0 Å². The molecular weight excluding hydrogens is 306 g/mol. The molecular formula is C23H26NO+. The molecule has 1 aliphatic carbocycles. The summed E-state index contributed by atoms with van der Waals surface area (Å²) in [6.45, 7) is 2.11. The molecule has 1 atom stereocenters. The Morgan fingerprint density at radius 3 is 2.28 bits per heavy atom. The van der Waals surface area contributed by atoms with Gasteiger partial charge in [-0.05, 0) is 50.5 Å². The monoisotopic (exact) mass is 332 g/mol. The second-order valence-electron chi connectivity index (χ2n) is 6.65. The van der Waals surface area contributed by atoms with Crippen LogP contribution in [0.1, 0.15) is 49.3 Å². The molecule has 2 nitrogen and oxygen atoms in total. The minimum absolute atomic E-state index is 0.0107. The number of nitrogens with one attached hydrogen (secondary N) is 1. The lowest BCUT2D eigenvalue weighted by atomic mass is 9.89. The van der Waals surface area contributed by atoms with Gasteiger partial charge in [0.25, 0.3) is 0 Å². The molecule has 3 rings (SSSR count). The molecule has 2 aromatic carbocycles. The van der Waals surface area contributed by atoms with Crippen LogP contribution in [-0.4, -0.2) is 7.11 Å². The maximum Gasteiger partial charge on any atom is 0.201 e. The van der Waals surface area contributed by atoms with Gasteiger partial charge in [-0.3, -0.25) is 0 Å². The van der Waals surface area contributed by atoms with Crippen molar-refractivity contribution in [2.24, 2.45) is 0 Å². The summed E-state index contributed by atoms with van der Waals surface area (Å²) in [7, 11) is 1.68. The summed E-state index contributed by atoms with van der Waals surface area (Å²) in [6.07, 6.45) is 6.24. The Balaban J connectivity index is 1.80. The minimum atomic E-state index is -0.0107. The van der Waals surface area contributed by atoms with Crippen molar-refractivity contribution in [1.29, 1.82) is 0 Å². The van der Waals surface area contributed by atoms with E-state index < -0.39 is 0 Å². The van der Waals surface area contributed by atoms with Crippen molar-refractivity contribution in [1.82, 2.24) is 0 Å². The normalized spacial score (nSPS) is 15.0. The first kappa shape index (κ1) is 17.3. The number of ether oxygens (including phenoxy) is 1. The van der Waals surface area contributed by atoms with Gasteiger partial charge in [0.2, 0.25) is 6.04 Å². The van der Waals surface area contributed by atoms with Crippen molar-refractivity contribution in [3.8, 4) is 17.6 Å². The molecule has 2 heteroatoms. The molecule has 1 N–H and O–H groups in total. The quantitative estimate of drug-likeness (QED) is 0.573. The fourth-order valence-electron chi connectivity index (χ4n) is 3.09. The largest absolute Gasteiger partial charge is 0.497 e. The highest BCUT2D eigenvalue weighted by Gasteiger charge is 2.20. The van der Waals surface area contributed by atoms with Crippen molar-refractivity contribution >= 4 is 5.69 Å². The molecule has 0 spiro atoms. The zero-order chi connectivity index (χ0) is 17.5. The Kier molecular flexibility index (Phi) is 5.90. The number of aryl methyl sites for hydroxylation is 1. The molecule has 1 unspecified atom stereocenters. The number of rotatable bonds is 4. The highest BCUT2D eigenvalue weighted by Crippen LogP contribution is 2.26. The van der Waals surface area contributed by atoms with Gasteiger partial charge in [-0.25, -0.2) is 0 Å². The van der Waals surface area contributed by atoms with Crippen LogP contribution in [0.5, 0.6) is 5.75 Å². The summed E-state index contributed by atoms with van der Waals surface area (Å²) in [4.78, 5) is 0. The summed E-state index contributed by atoms with van der Waals surface area (Å²) in [5, 5.41) is 3.56. The highest BCUT2D eigenvalue weighted by molar-refractivity contribution is 5.51. The Labute approximate surface area is 151 Å². The third-order valence-electron chi connectivity index (χ3n) is 4.66. The molecule has 2 aromatic rings. The number of hydrogen-bond acceptors (Lipinski definition) is 2. The average molecular weight is 332 g/mol. The van der Waals surface area contributed by atoms with Gasteiger partial charge in [0.15, 0.2) is 5.92 Å². The smallest absolute Gasteiger partial charge is 0.201 e. The Morgan fingerprint density at radius 2 is 1.64 bits per heavy atom. The van der Waals surface area contributed by atoms with Crippen molar-refractivity contribution in [3.05, 3.63) is 65.6 Å². The van der Waals surface area contributed by atoms with Crippen molar-refractivity contribution in [2.75, 3.05) is 12.4 Å². The maximum atomic E-state index is 5.24. The second-order valence-corrected chi connectivity index (χ2v) is 6.65. The Hall–Kier alpha value is -2.53. The average Bonchev–Trinajstić information content (AvgIpc) is 2.67. The van der Waals surface area contributed by atoms with Crippen LogP contribution in [0.2, 0.25) is 0 Å². The molecule has 1 saturated carbocycles. The van der Waals surface area contributed by atoms with Gasteiger partial charge < -0.3 is 10.1 Å². The van der Waals surface area contributed by atoms with Gasteiger partial charge in [0.1, 0.15) is 17.6 Å². The zero-order valence-electron chi connectivity index (χ0n) is 15.1. The third-order valence-corrected chi connectivity index (χ3v) is 4.66. The van der Waals surface area contributed by atoms with Crippen molar-refractivity contribution < 1.29 is 4.74 Å². The van der Waals surface area contributed by atoms with Crippen LogP contribution in [0.3, 0.4) is 0 Å². The van der Waals surface area contributed by atoms with E-state index in [2.05, 4.69) is 48.3 Å². The molecule has 0 amide bonds. The first-order valence-corrected chi connectivity index (χ1v) is 9.08. The number of benzene rings is 2. The summed E-state index contributed by atoms with van der Waals surface area (Å²) in [6, 6.07) is 16.6. The van der Waals surface area contributed by atoms with E-state index in [1.54, 1.807) is 7.11 Å². The summed E-state index contributed by atoms with van der Waals surface area (Å²) < 4.78 is 5.24. The molecule has 0 radical (unpaired) electrons. The van der Waals surface area contributed by atoms with E-state index >= 15 is 0 Å². The van der Waals surface area contributed by atoms with E-state index in [1.807, 2.05) is 24.3 Å². The molecule has 0 aliphatic heterocycles. The summed E-state index contributed by atoms with van der Waals surface area (Å²) >= 11 is 0. The van der Waals surface area contributed by atoms with E-state index in [0.717, 1.165) is 24.3 Å². The van der Waals surface area contributed by atoms with Gasteiger partial charge in [-0.2, -0.15) is 0 Å². The maximum absolute atomic E-state index is 5.24. The lowest BCUT2D eigenvalue weighted by Gasteiger charge is -2.13. The van der Waals surface area contributed by atoms with Gasteiger partial charge in [0, 0.05) is 24.1 Å². The molecule has 25 heavy (non-hydrogen) atoms. The molecule has 0 heterocycles. The molecule has 128 valence electrons. The Bertz CT molecular complexity index is 715. The zero-order valence-corrected chi connectivity index (χ0v) is 15.1. The number of hydrogen-bond donors (Lipinski definition) is 1. The molecule has 0 bridgehead atoms. The third kappa shape index (κ3) is 4.97. The second kappa shape index (κ2) is 8.53. The SMILES string of the molecule is COc1ccc(NC(C#C[C+]2CCCCC2)c2ccc(C)cc2)cc1. The molecule has 0 saturated heterocycles. The Morgan fingerprint density at radius 1 is 0.960 bits per heavy atom. The number of anilines is 1. The topological polar surface area (TPSA) is 21.3 Å². The number of methoxy groups -OCH3 is 1. The molecule has 1 fully saturated rings. The van der Waals surface area contributed by atoms with Crippen LogP contribution in [0.15, 0.2) is 48.5 Å². The lowest BCUT2D eigenvalue weighted by Crippen LogP contribution is -2.10. The standard InChI is InChI=1S/C23H26NO/c1-18-8-11-20(12-9-18)23(17-10-19-6-4-3-5-7-19)24-21-13-15-22(25-2)16-14-21/h8-9,11-16,23-24H,3-7H2,1-2H3/q+1. The van der Waals surface area contributed by atoms with Crippen LogP contribution < -0.4 is 10.1 Å². The van der Waals surface area contributed by atoms with Gasteiger partial charge >= 0.3 is 0 Å². The van der Waals surface area contributed by atoms with Crippen molar-refractivity contribution in [2.45, 2.75) is 45.1 Å². The predicted molar refractivity (Wildman–Crippen MR) is 105 cm³/mol. The van der Waals surface area contributed by atoms with Crippen molar-refractivity contribution in [3.63, 3.8) is 0 Å². The lowest BCUT2D eigenvalue weighted by molar-refractivity contribution is 0.415. The van der Waals surface area contributed by atoms with Gasteiger partial charge in [-0.15, -0.1) is 0 Å². The van der Waals surface area contributed by atoms with Crippen LogP contribution in [0, 0.1) is 24.7 Å². The van der Waals surface area contributed by atoms with Crippen LogP contribution in [0.4, 0.5) is 5.69 Å². The summed E-state index contributed by atoms with van der Waals surface area (Å²) in [5.74, 6) is 9.19. The van der Waals surface area contributed by atoms with E-state index in [9.17, 15) is 0 Å². The fourth-order valence-corrected chi connectivity index (χ4v) is 3.09. The first-order chi connectivity index (χ1) is 12.2. The van der Waals surface area contributed by atoms with Crippen LogP contribution in [-0.2, 0) is 0 Å². The van der Waals surface area contributed by atoms with E-state index in [0.29, 0.717) is 0 Å². The van der Waals surface area contributed by atoms with E-state index in [1.165, 1.54) is 36.3 Å². The summed E-state index contributed by atoms with van der Waals surface area (Å²) in [5.41, 5.74) is 3.52. The first-order valence-electron chi connectivity index (χ1n) is 9.08. The molecule has 0 aromatic heterocycles. The fraction of sp³-hybridized carbons (Fsp3) is 0.348. The van der Waals surface area contributed by atoms with E-state index in [4.69, 9.17) is 4.74 Å². The molecule has 1 aliphatic rings. The highest BCUT2D eigenvalue weighted by atomic mass is 16.5. The van der Waals surface area contributed by atoms with E-state index in [-0.39, 0.29) is 6.04 Å². The van der Waals surface area contributed by atoms with Gasteiger partial charge in [0.05, 0.1) is 7.11 Å². The van der Waals surface area contributed by atoms with Crippen LogP contribution >= 0.6 is 0 Å². The van der Waals surface area contributed by atoms with Gasteiger partial charge in [-0.1, -0.05) is 29.8 Å². The minimum Gasteiger partial charge on any atom is -0.497 e. The predicted octanol–water partition coefficient (Wildman–Crippen LogP) is 5.70.